The smallest absolute Gasteiger partial charge is 0.306 e. The molecule has 0 spiro atoms. The summed E-state index contributed by atoms with van der Waals surface area (Å²) in [6.07, 6.45) is 58.1. The van der Waals surface area contributed by atoms with Crippen molar-refractivity contribution >= 4 is 17.9 Å². The van der Waals surface area contributed by atoms with Gasteiger partial charge >= 0.3 is 17.9 Å². The second kappa shape index (κ2) is 53.8. The minimum Gasteiger partial charge on any atom is -0.462 e. The number of carbonyl (C=O) groups excluding carboxylic acids is 3. The molecule has 0 saturated carbocycles. The summed E-state index contributed by atoms with van der Waals surface area (Å²) in [7, 11) is 0. The highest BCUT2D eigenvalue weighted by molar-refractivity contribution is 5.71. The molecule has 0 aromatic heterocycles. The summed E-state index contributed by atoms with van der Waals surface area (Å²) in [6.45, 7) is 11.4. The first-order valence-electron chi connectivity index (χ1n) is 30.2. The van der Waals surface area contributed by atoms with E-state index in [1.165, 1.54) is 231 Å². The highest BCUT2D eigenvalue weighted by Crippen LogP contribution is 2.18. The van der Waals surface area contributed by atoms with Gasteiger partial charge in [-0.25, -0.2) is 0 Å². The third kappa shape index (κ3) is 55.2. The van der Waals surface area contributed by atoms with E-state index in [4.69, 9.17) is 14.2 Å². The van der Waals surface area contributed by atoms with Crippen LogP contribution in [0.1, 0.15) is 343 Å². The van der Waals surface area contributed by atoms with Crippen LogP contribution in [-0.2, 0) is 28.6 Å². The van der Waals surface area contributed by atoms with Crippen molar-refractivity contribution in [2.24, 2.45) is 11.8 Å². The first kappa shape index (κ1) is 65.4. The molecule has 0 saturated heterocycles. The van der Waals surface area contributed by atoms with E-state index in [0.29, 0.717) is 19.3 Å². The number of rotatable bonds is 55. The fourth-order valence-electron chi connectivity index (χ4n) is 9.40. The lowest BCUT2D eigenvalue weighted by molar-refractivity contribution is -0.167. The first-order chi connectivity index (χ1) is 32.7. The third-order valence-corrected chi connectivity index (χ3v) is 14.0. The summed E-state index contributed by atoms with van der Waals surface area (Å²) in [4.78, 5) is 38.2. The quantitative estimate of drug-likeness (QED) is 0.0343. The molecule has 0 fully saturated rings. The maximum Gasteiger partial charge on any atom is 0.306 e. The van der Waals surface area contributed by atoms with Crippen molar-refractivity contribution in [1.29, 1.82) is 0 Å². The SMILES string of the molecule is CCCCCCCCCCCCCCC(=O)O[C@H](COC(=O)CCCCCCCCCCCCCCCCCCCCC(C)C)COC(=O)CCCCCCCCCCCCCCCC(C)C. The zero-order valence-corrected chi connectivity index (χ0v) is 46.0. The van der Waals surface area contributed by atoms with Gasteiger partial charge in [-0.3, -0.25) is 14.4 Å². The Hall–Kier alpha value is -1.59. The molecule has 0 N–H and O–H groups in total. The van der Waals surface area contributed by atoms with Crippen LogP contribution in [0.25, 0.3) is 0 Å². The molecule has 0 bridgehead atoms. The summed E-state index contributed by atoms with van der Waals surface area (Å²) in [5.74, 6) is 0.863. The molecule has 0 heterocycles. The molecule has 6 heteroatoms. The molecule has 1 atom stereocenters. The van der Waals surface area contributed by atoms with Crippen LogP contribution in [-0.4, -0.2) is 37.2 Å². The number of unbranched alkanes of at least 4 members (excludes halogenated alkanes) is 40. The molecule has 0 aromatic carbocycles. The van der Waals surface area contributed by atoms with E-state index in [2.05, 4.69) is 34.6 Å². The fraction of sp³-hybridized carbons (Fsp3) is 0.951. The van der Waals surface area contributed by atoms with E-state index < -0.39 is 6.10 Å². The van der Waals surface area contributed by atoms with Gasteiger partial charge in [-0.15, -0.1) is 0 Å². The minimum atomic E-state index is -0.762. The van der Waals surface area contributed by atoms with E-state index in [0.717, 1.165) is 69.6 Å². The monoisotopic (exact) mass is 947 g/mol. The van der Waals surface area contributed by atoms with Gasteiger partial charge in [-0.2, -0.15) is 0 Å². The Labute approximate surface area is 418 Å². The second-order valence-corrected chi connectivity index (χ2v) is 21.9. The lowest BCUT2D eigenvalue weighted by Crippen LogP contribution is -2.30. The van der Waals surface area contributed by atoms with E-state index >= 15 is 0 Å². The predicted octanol–water partition coefficient (Wildman–Crippen LogP) is 20.0. The standard InChI is InChI=1S/C61H118O6/c1-6-7-8-9-10-11-12-26-33-38-43-48-53-61(64)67-58(55-66-60(63)52-47-42-37-32-28-23-19-21-25-30-35-40-45-50-57(4)5)54-65-59(62)51-46-41-36-31-27-22-18-16-14-13-15-17-20-24-29-34-39-44-49-56(2)3/h56-58H,6-55H2,1-5H3/t58-/m1/s1. The van der Waals surface area contributed by atoms with Gasteiger partial charge in [-0.05, 0) is 31.1 Å². The van der Waals surface area contributed by atoms with Gasteiger partial charge in [0, 0.05) is 19.3 Å². The Bertz CT molecular complexity index is 1020. The van der Waals surface area contributed by atoms with E-state index in [1.54, 1.807) is 0 Å². The average Bonchev–Trinajstić information content (AvgIpc) is 3.30. The van der Waals surface area contributed by atoms with Crippen LogP contribution in [0, 0.1) is 11.8 Å². The Kier molecular flexibility index (Phi) is 52.5. The van der Waals surface area contributed by atoms with Crippen molar-refractivity contribution in [3.63, 3.8) is 0 Å². The Morgan fingerprint density at radius 2 is 0.493 bits per heavy atom. The van der Waals surface area contributed by atoms with Crippen molar-refractivity contribution in [2.45, 2.75) is 349 Å². The molecule has 0 aliphatic rings. The fourth-order valence-corrected chi connectivity index (χ4v) is 9.40. The Balaban J connectivity index is 4.22. The van der Waals surface area contributed by atoms with Gasteiger partial charge in [0.05, 0.1) is 0 Å². The number of carbonyl (C=O) groups is 3. The highest BCUT2D eigenvalue weighted by Gasteiger charge is 2.19. The molecule has 0 amide bonds. The summed E-state index contributed by atoms with van der Waals surface area (Å²) >= 11 is 0. The molecule has 0 aliphatic heterocycles. The molecule has 0 aliphatic carbocycles. The predicted molar refractivity (Wildman–Crippen MR) is 289 cm³/mol. The van der Waals surface area contributed by atoms with Crippen molar-refractivity contribution in [3.05, 3.63) is 0 Å². The van der Waals surface area contributed by atoms with Gasteiger partial charge in [0.15, 0.2) is 6.10 Å². The van der Waals surface area contributed by atoms with E-state index in [1.807, 2.05) is 0 Å². The molecule has 67 heavy (non-hydrogen) atoms. The summed E-state index contributed by atoms with van der Waals surface area (Å²) in [6, 6.07) is 0. The van der Waals surface area contributed by atoms with Crippen molar-refractivity contribution in [2.75, 3.05) is 13.2 Å². The third-order valence-electron chi connectivity index (χ3n) is 14.0. The molecule has 398 valence electrons. The molecule has 0 radical (unpaired) electrons. The topological polar surface area (TPSA) is 78.9 Å². The normalized spacial score (nSPS) is 12.0. The summed E-state index contributed by atoms with van der Waals surface area (Å²) < 4.78 is 16.9. The van der Waals surface area contributed by atoms with Gasteiger partial charge < -0.3 is 14.2 Å². The maximum absolute atomic E-state index is 12.8. The van der Waals surface area contributed by atoms with Gasteiger partial charge in [-0.1, -0.05) is 304 Å². The van der Waals surface area contributed by atoms with Gasteiger partial charge in [0.2, 0.25) is 0 Å². The van der Waals surface area contributed by atoms with Crippen LogP contribution in [0.2, 0.25) is 0 Å². The summed E-state index contributed by atoms with van der Waals surface area (Å²) in [5.41, 5.74) is 0. The average molecular weight is 948 g/mol. The van der Waals surface area contributed by atoms with Gasteiger partial charge in [0.1, 0.15) is 13.2 Å². The van der Waals surface area contributed by atoms with Crippen LogP contribution in [0.5, 0.6) is 0 Å². The van der Waals surface area contributed by atoms with Crippen molar-refractivity contribution in [3.8, 4) is 0 Å². The molecule has 6 nitrogen and oxygen atoms in total. The van der Waals surface area contributed by atoms with Crippen molar-refractivity contribution < 1.29 is 28.6 Å². The first-order valence-corrected chi connectivity index (χ1v) is 30.2. The molecule has 0 aromatic rings. The molecular weight excluding hydrogens is 829 g/mol. The molecule has 0 rings (SSSR count). The Morgan fingerprint density at radius 1 is 0.284 bits per heavy atom. The minimum absolute atomic E-state index is 0.0622. The van der Waals surface area contributed by atoms with Crippen LogP contribution in [0.15, 0.2) is 0 Å². The highest BCUT2D eigenvalue weighted by atomic mass is 16.6. The number of ether oxygens (including phenoxy) is 3. The number of hydrogen-bond donors (Lipinski definition) is 0. The lowest BCUT2D eigenvalue weighted by Gasteiger charge is -2.18. The van der Waals surface area contributed by atoms with E-state index in [9.17, 15) is 14.4 Å². The van der Waals surface area contributed by atoms with Crippen LogP contribution < -0.4 is 0 Å². The van der Waals surface area contributed by atoms with Crippen LogP contribution in [0.4, 0.5) is 0 Å². The maximum atomic E-state index is 12.8. The number of esters is 3. The van der Waals surface area contributed by atoms with Crippen LogP contribution >= 0.6 is 0 Å². The molecular formula is C61H118O6. The van der Waals surface area contributed by atoms with Crippen LogP contribution in [0.3, 0.4) is 0 Å². The summed E-state index contributed by atoms with van der Waals surface area (Å²) in [5, 5.41) is 0. The second-order valence-electron chi connectivity index (χ2n) is 21.9. The van der Waals surface area contributed by atoms with Crippen molar-refractivity contribution in [1.82, 2.24) is 0 Å². The largest absolute Gasteiger partial charge is 0.462 e. The lowest BCUT2D eigenvalue weighted by atomic mass is 10.0. The molecule has 0 unspecified atom stereocenters. The van der Waals surface area contributed by atoms with E-state index in [-0.39, 0.29) is 31.1 Å². The zero-order chi connectivity index (χ0) is 48.9. The number of hydrogen-bond acceptors (Lipinski definition) is 6. The zero-order valence-electron chi connectivity index (χ0n) is 46.0. The Morgan fingerprint density at radius 3 is 0.731 bits per heavy atom. The van der Waals surface area contributed by atoms with Gasteiger partial charge in [0.25, 0.3) is 0 Å².